The lowest BCUT2D eigenvalue weighted by Crippen LogP contribution is -2.73. The number of ether oxygens (including phenoxy) is 3. The molecule has 12 N–H and O–H groups in total. The summed E-state index contributed by atoms with van der Waals surface area (Å²) < 4.78 is 18.0. The van der Waals surface area contributed by atoms with Gasteiger partial charge in [0.05, 0.1) is 35.8 Å². The molecule has 2 unspecified atom stereocenters. The molecule has 9 heteroatoms. The number of nitrogens with two attached hydrogens (primary N) is 6. The van der Waals surface area contributed by atoms with Crippen LogP contribution < -0.4 is 43.9 Å². The molecule has 9 nitrogen and oxygen atoms in total. The molecular weight excluding hydrogens is 408 g/mol. The van der Waals surface area contributed by atoms with Crippen molar-refractivity contribution < 1.29 is 14.2 Å². The molecule has 0 aliphatic heterocycles. The predicted octanol–water partition coefficient (Wildman–Crippen LogP) is 1.85. The molecule has 0 bridgehead atoms. The molecule has 2 aromatic rings. The number of benzene rings is 2. The van der Waals surface area contributed by atoms with Crippen molar-refractivity contribution in [2.75, 3.05) is 36.1 Å². The van der Waals surface area contributed by atoms with Gasteiger partial charge in [0.25, 0.3) is 0 Å². The monoisotopic (exact) mass is 438 g/mol. The molecule has 1 fully saturated rings. The molecule has 2 aliphatic carbocycles. The zero-order valence-corrected chi connectivity index (χ0v) is 17.8. The first kappa shape index (κ1) is 21.5. The smallest absolute Gasteiger partial charge is 0.173 e. The second kappa shape index (κ2) is 8.08. The second-order valence-electron chi connectivity index (χ2n) is 8.23. The number of rotatable bonds is 8. The maximum atomic E-state index is 6.60. The number of hydrogen-bond donors (Lipinski definition) is 6. The summed E-state index contributed by atoms with van der Waals surface area (Å²) in [5.74, 6) is 1.61. The molecule has 0 spiro atoms. The summed E-state index contributed by atoms with van der Waals surface area (Å²) in [5, 5.41) is 0. The SMILES string of the molecule is NC1=C(OCCCOc2ccc(N)cc2N)C=CC2(N)CCC12Oc1ccc(N)cc1N. The lowest BCUT2D eigenvalue weighted by atomic mass is 9.59. The molecule has 2 aromatic carbocycles. The van der Waals surface area contributed by atoms with Crippen molar-refractivity contribution >= 4 is 22.7 Å². The van der Waals surface area contributed by atoms with Gasteiger partial charge in [0.15, 0.2) is 5.60 Å². The van der Waals surface area contributed by atoms with Gasteiger partial charge in [-0.05, 0) is 55.3 Å². The molecule has 170 valence electrons. The van der Waals surface area contributed by atoms with E-state index >= 15 is 0 Å². The van der Waals surface area contributed by atoms with Crippen LogP contribution >= 0.6 is 0 Å². The number of nitrogen functional groups attached to an aromatic ring is 4. The Morgan fingerprint density at radius 2 is 1.41 bits per heavy atom. The minimum atomic E-state index is -0.920. The van der Waals surface area contributed by atoms with Crippen molar-refractivity contribution in [3.05, 3.63) is 60.0 Å². The molecule has 32 heavy (non-hydrogen) atoms. The fourth-order valence-corrected chi connectivity index (χ4v) is 4.05. The number of anilines is 4. The molecule has 1 saturated carbocycles. The quantitative estimate of drug-likeness (QED) is 0.264. The third-order valence-corrected chi connectivity index (χ3v) is 6.03. The van der Waals surface area contributed by atoms with Crippen LogP contribution in [-0.4, -0.2) is 24.4 Å². The highest BCUT2D eigenvalue weighted by molar-refractivity contribution is 5.62. The van der Waals surface area contributed by atoms with Gasteiger partial charge in [0, 0.05) is 17.8 Å². The van der Waals surface area contributed by atoms with Crippen LogP contribution in [0, 0.1) is 0 Å². The van der Waals surface area contributed by atoms with Crippen LogP contribution in [-0.2, 0) is 4.74 Å². The van der Waals surface area contributed by atoms with Crippen molar-refractivity contribution in [1.29, 1.82) is 0 Å². The van der Waals surface area contributed by atoms with Gasteiger partial charge in [-0.3, -0.25) is 0 Å². The van der Waals surface area contributed by atoms with E-state index in [0.29, 0.717) is 71.8 Å². The minimum Gasteiger partial charge on any atom is -0.491 e. The molecule has 0 radical (unpaired) electrons. The zero-order valence-electron chi connectivity index (χ0n) is 17.8. The largest absolute Gasteiger partial charge is 0.491 e. The Morgan fingerprint density at radius 1 is 0.781 bits per heavy atom. The van der Waals surface area contributed by atoms with E-state index in [1.165, 1.54) is 0 Å². The van der Waals surface area contributed by atoms with Crippen LogP contribution in [0.2, 0.25) is 0 Å². The van der Waals surface area contributed by atoms with Gasteiger partial charge in [-0.2, -0.15) is 0 Å². The highest BCUT2D eigenvalue weighted by atomic mass is 16.5. The Kier molecular flexibility index (Phi) is 5.43. The predicted molar refractivity (Wildman–Crippen MR) is 126 cm³/mol. The van der Waals surface area contributed by atoms with Crippen LogP contribution in [0.25, 0.3) is 0 Å². The lowest BCUT2D eigenvalue weighted by molar-refractivity contribution is -0.0424. The van der Waals surface area contributed by atoms with E-state index < -0.39 is 11.1 Å². The van der Waals surface area contributed by atoms with Gasteiger partial charge in [-0.1, -0.05) is 6.08 Å². The van der Waals surface area contributed by atoms with Crippen LogP contribution in [0.3, 0.4) is 0 Å². The van der Waals surface area contributed by atoms with E-state index in [4.69, 9.17) is 48.6 Å². The molecule has 2 atom stereocenters. The topological polar surface area (TPSA) is 184 Å². The van der Waals surface area contributed by atoms with Crippen molar-refractivity contribution in [2.24, 2.45) is 11.5 Å². The van der Waals surface area contributed by atoms with E-state index in [1.54, 1.807) is 42.5 Å². The average molecular weight is 439 g/mol. The van der Waals surface area contributed by atoms with E-state index in [-0.39, 0.29) is 0 Å². The van der Waals surface area contributed by atoms with E-state index in [0.717, 1.165) is 6.42 Å². The Morgan fingerprint density at radius 3 is 2.00 bits per heavy atom. The van der Waals surface area contributed by atoms with E-state index in [1.807, 2.05) is 6.08 Å². The summed E-state index contributed by atoms with van der Waals surface area (Å²) in [5.41, 5.74) is 37.5. The van der Waals surface area contributed by atoms with Crippen molar-refractivity contribution in [3.8, 4) is 11.5 Å². The number of fused-ring (bicyclic) bond motifs is 1. The van der Waals surface area contributed by atoms with Crippen LogP contribution in [0.1, 0.15) is 19.3 Å². The molecule has 0 aromatic heterocycles. The van der Waals surface area contributed by atoms with Gasteiger partial charge in [0.1, 0.15) is 17.3 Å². The van der Waals surface area contributed by atoms with E-state index in [2.05, 4.69) is 0 Å². The van der Waals surface area contributed by atoms with Gasteiger partial charge in [0.2, 0.25) is 0 Å². The fraction of sp³-hybridized carbons (Fsp3) is 0.304. The average Bonchev–Trinajstić information content (AvgIpc) is 2.74. The van der Waals surface area contributed by atoms with Gasteiger partial charge in [-0.15, -0.1) is 0 Å². The fourth-order valence-electron chi connectivity index (χ4n) is 4.05. The van der Waals surface area contributed by atoms with Gasteiger partial charge >= 0.3 is 0 Å². The van der Waals surface area contributed by atoms with Gasteiger partial charge < -0.3 is 48.6 Å². The molecule has 0 saturated heterocycles. The maximum absolute atomic E-state index is 6.60. The highest BCUT2D eigenvalue weighted by Gasteiger charge is 2.62. The molecule has 0 heterocycles. The third-order valence-electron chi connectivity index (χ3n) is 6.03. The summed E-state index contributed by atoms with van der Waals surface area (Å²) in [6.07, 6.45) is 5.71. The summed E-state index contributed by atoms with van der Waals surface area (Å²) in [7, 11) is 0. The highest BCUT2D eigenvalue weighted by Crippen LogP contribution is 2.51. The van der Waals surface area contributed by atoms with Crippen LogP contribution in [0.5, 0.6) is 11.5 Å². The first-order valence-electron chi connectivity index (χ1n) is 10.5. The number of hydrogen-bond acceptors (Lipinski definition) is 9. The van der Waals surface area contributed by atoms with Crippen LogP contribution in [0.15, 0.2) is 60.0 Å². The van der Waals surface area contributed by atoms with Gasteiger partial charge in [-0.25, -0.2) is 0 Å². The summed E-state index contributed by atoms with van der Waals surface area (Å²) in [6, 6.07) is 10.2. The minimum absolute atomic E-state index is 0.396. The van der Waals surface area contributed by atoms with Crippen molar-refractivity contribution in [1.82, 2.24) is 0 Å². The Balaban J connectivity index is 1.40. The summed E-state index contributed by atoms with van der Waals surface area (Å²) >= 11 is 0. The van der Waals surface area contributed by atoms with Crippen LogP contribution in [0.4, 0.5) is 22.7 Å². The van der Waals surface area contributed by atoms with Crippen molar-refractivity contribution in [3.63, 3.8) is 0 Å². The first-order chi connectivity index (χ1) is 15.2. The molecular formula is C23H30N6O3. The Bertz CT molecular complexity index is 1090. The maximum Gasteiger partial charge on any atom is 0.173 e. The first-order valence-corrected chi connectivity index (χ1v) is 10.5. The van der Waals surface area contributed by atoms with Crippen molar-refractivity contribution in [2.45, 2.75) is 30.4 Å². The molecule has 2 aliphatic rings. The zero-order chi connectivity index (χ0) is 22.9. The summed E-state index contributed by atoms with van der Waals surface area (Å²) in [6.45, 7) is 0.822. The summed E-state index contributed by atoms with van der Waals surface area (Å²) in [4.78, 5) is 0. The normalized spacial score (nSPS) is 23.9. The van der Waals surface area contributed by atoms with E-state index in [9.17, 15) is 0 Å². The second-order valence-corrected chi connectivity index (χ2v) is 8.23. The molecule has 0 amide bonds. The third kappa shape index (κ3) is 3.71. The number of allylic oxidation sites excluding steroid dienone is 1. The Hall–Kier alpha value is -3.72. The molecule has 4 rings (SSSR count). The standard InChI is InChI=1S/C23H30N6O3/c24-14-2-4-18(16(26)12-14)30-10-1-11-31-20-6-7-22(29)8-9-23(22,21(20)28)32-19-5-3-15(25)13-17(19)27/h2-7,12-13H,1,8-11,24-29H2. The lowest BCUT2D eigenvalue weighted by Gasteiger charge is -2.56. The Labute approximate surface area is 186 Å².